The van der Waals surface area contributed by atoms with E-state index in [9.17, 15) is 14.4 Å². The third kappa shape index (κ3) is 2.76. The van der Waals surface area contributed by atoms with Crippen molar-refractivity contribution in [3.63, 3.8) is 0 Å². The average molecular weight is 381 g/mol. The number of anilines is 2. The number of ketones is 1. The number of benzene rings is 1. The fraction of sp³-hybridized carbons (Fsp3) is 0.400. The number of aromatic nitrogens is 4. The second kappa shape index (κ2) is 6.47. The molecule has 0 fully saturated rings. The van der Waals surface area contributed by atoms with Crippen molar-refractivity contribution in [1.29, 1.82) is 0 Å². The highest BCUT2D eigenvalue weighted by Crippen LogP contribution is 2.33. The number of nitrogens with zero attached hydrogens (tertiary/aromatic N) is 5. The maximum atomic E-state index is 13.1. The Morgan fingerprint density at radius 3 is 2.68 bits per heavy atom. The molecule has 146 valence electrons. The van der Waals surface area contributed by atoms with Crippen LogP contribution < -0.4 is 16.1 Å². The zero-order chi connectivity index (χ0) is 20.2. The lowest BCUT2D eigenvalue weighted by molar-refractivity contribution is -0.117. The van der Waals surface area contributed by atoms with Crippen molar-refractivity contribution < 1.29 is 4.79 Å². The van der Waals surface area contributed by atoms with Crippen molar-refractivity contribution in [2.45, 2.75) is 33.9 Å². The minimum atomic E-state index is -0.529. The van der Waals surface area contributed by atoms with Gasteiger partial charge in [-0.1, -0.05) is 19.1 Å². The molecule has 1 aliphatic heterocycles. The van der Waals surface area contributed by atoms with Gasteiger partial charge in [0.1, 0.15) is 5.78 Å². The first kappa shape index (κ1) is 18.2. The smallest absolute Gasteiger partial charge is 0.312 e. The summed E-state index contributed by atoms with van der Waals surface area (Å²) < 4.78 is 4.23. The van der Waals surface area contributed by atoms with Crippen molar-refractivity contribution in [2.24, 2.45) is 13.0 Å². The van der Waals surface area contributed by atoms with Crippen LogP contribution in [0, 0.1) is 12.8 Å². The molecule has 3 heterocycles. The van der Waals surface area contributed by atoms with E-state index in [1.165, 1.54) is 11.5 Å². The molecule has 0 saturated carbocycles. The summed E-state index contributed by atoms with van der Waals surface area (Å²) in [6, 6.07) is 8.12. The lowest BCUT2D eigenvalue weighted by atomic mass is 10.1. The molecule has 2 aromatic heterocycles. The zero-order valence-corrected chi connectivity index (χ0v) is 16.5. The number of imidazole rings is 1. The number of hydrogen-bond acceptors (Lipinski definition) is 5. The minimum absolute atomic E-state index is 0.237. The molecule has 1 atom stereocenters. The Labute approximate surface area is 161 Å². The van der Waals surface area contributed by atoms with Crippen LogP contribution in [0.5, 0.6) is 0 Å². The van der Waals surface area contributed by atoms with Gasteiger partial charge in [0, 0.05) is 25.8 Å². The summed E-state index contributed by atoms with van der Waals surface area (Å²) >= 11 is 0. The number of hydrogen-bond donors (Lipinski definition) is 0. The van der Waals surface area contributed by atoms with E-state index in [-0.39, 0.29) is 18.2 Å². The average Bonchev–Trinajstić information content (AvgIpc) is 3.02. The van der Waals surface area contributed by atoms with Gasteiger partial charge in [-0.25, -0.2) is 4.79 Å². The van der Waals surface area contributed by atoms with Crippen LogP contribution in [0.1, 0.15) is 19.4 Å². The second-order valence-electron chi connectivity index (χ2n) is 7.68. The van der Waals surface area contributed by atoms with Crippen molar-refractivity contribution >= 4 is 28.6 Å². The van der Waals surface area contributed by atoms with Gasteiger partial charge in [0.25, 0.3) is 5.56 Å². The number of carbonyl (C=O) groups is 1. The molecule has 0 N–H and O–H groups in total. The molecule has 8 heteroatoms. The lowest BCUT2D eigenvalue weighted by Crippen LogP contribution is -2.41. The van der Waals surface area contributed by atoms with Crippen LogP contribution in [0.3, 0.4) is 0 Å². The fourth-order valence-corrected chi connectivity index (χ4v) is 3.88. The monoisotopic (exact) mass is 381 g/mol. The van der Waals surface area contributed by atoms with Crippen molar-refractivity contribution in [1.82, 2.24) is 18.7 Å². The maximum absolute atomic E-state index is 13.1. The highest BCUT2D eigenvalue weighted by molar-refractivity contribution is 5.78. The molecule has 0 aliphatic carbocycles. The molecular weight excluding hydrogens is 358 g/mol. The highest BCUT2D eigenvalue weighted by Gasteiger charge is 2.29. The van der Waals surface area contributed by atoms with E-state index in [0.717, 1.165) is 22.4 Å². The van der Waals surface area contributed by atoms with Gasteiger partial charge in [-0.3, -0.25) is 18.7 Å². The van der Waals surface area contributed by atoms with E-state index < -0.39 is 11.2 Å². The summed E-state index contributed by atoms with van der Waals surface area (Å²) in [5, 5.41) is 0. The van der Waals surface area contributed by atoms with Crippen LogP contribution in [-0.2, 0) is 24.9 Å². The minimum Gasteiger partial charge on any atom is -0.312 e. The molecule has 8 nitrogen and oxygen atoms in total. The Morgan fingerprint density at radius 2 is 2.00 bits per heavy atom. The Kier molecular flexibility index (Phi) is 4.21. The van der Waals surface area contributed by atoms with E-state index in [2.05, 4.69) is 22.9 Å². The first-order valence-electron chi connectivity index (χ1n) is 9.31. The first-order chi connectivity index (χ1) is 13.3. The molecule has 28 heavy (non-hydrogen) atoms. The third-order valence-electron chi connectivity index (χ3n) is 5.14. The highest BCUT2D eigenvalue weighted by atomic mass is 16.2. The van der Waals surface area contributed by atoms with E-state index in [1.54, 1.807) is 7.05 Å². The quantitative estimate of drug-likeness (QED) is 0.688. The van der Waals surface area contributed by atoms with Gasteiger partial charge in [-0.05, 0) is 37.5 Å². The van der Waals surface area contributed by atoms with Gasteiger partial charge in [0.15, 0.2) is 11.2 Å². The predicted octanol–water partition coefficient (Wildman–Crippen LogP) is 1.58. The van der Waals surface area contributed by atoms with Crippen LogP contribution >= 0.6 is 0 Å². The summed E-state index contributed by atoms with van der Waals surface area (Å²) in [6.45, 7) is 6.67. The van der Waals surface area contributed by atoms with E-state index in [1.807, 2.05) is 29.7 Å². The van der Waals surface area contributed by atoms with Crippen LogP contribution in [0.15, 0.2) is 33.9 Å². The van der Waals surface area contributed by atoms with Gasteiger partial charge < -0.3 is 9.47 Å². The molecule has 0 saturated heterocycles. The van der Waals surface area contributed by atoms with Gasteiger partial charge in [-0.15, -0.1) is 0 Å². The number of carbonyl (C=O) groups excluding carboxylic acids is 1. The summed E-state index contributed by atoms with van der Waals surface area (Å²) in [5.74, 6) is 0.682. The fourth-order valence-electron chi connectivity index (χ4n) is 3.88. The van der Waals surface area contributed by atoms with Crippen LogP contribution in [-0.4, -0.2) is 31.0 Å². The maximum Gasteiger partial charge on any atom is 0.332 e. The molecule has 1 unspecified atom stereocenters. The van der Waals surface area contributed by atoms with Gasteiger partial charge in [0.2, 0.25) is 5.95 Å². The molecule has 0 spiro atoms. The normalized spacial score (nSPS) is 16.4. The van der Waals surface area contributed by atoms with Crippen molar-refractivity contribution in [3.8, 4) is 0 Å². The van der Waals surface area contributed by atoms with Crippen molar-refractivity contribution in [2.75, 3.05) is 11.4 Å². The number of aryl methyl sites for hydroxylation is 2. The standard InChI is InChI=1S/C20H23N5O3/c1-12-6-5-7-15(8-12)23-9-13(2)10-24-16-17(21-19(23)24)22(4)20(28)25(18(16)27)11-14(3)26/h5-8,13H,9-11H2,1-4H3. The molecule has 4 rings (SSSR count). The Bertz CT molecular complexity index is 1220. The first-order valence-corrected chi connectivity index (χ1v) is 9.31. The van der Waals surface area contributed by atoms with E-state index in [4.69, 9.17) is 0 Å². The van der Waals surface area contributed by atoms with E-state index in [0.29, 0.717) is 23.7 Å². The summed E-state index contributed by atoms with van der Waals surface area (Å²) in [4.78, 5) is 44.0. The lowest BCUT2D eigenvalue weighted by Gasteiger charge is -2.33. The molecule has 0 bridgehead atoms. The molecule has 1 aliphatic rings. The van der Waals surface area contributed by atoms with Crippen molar-refractivity contribution in [3.05, 3.63) is 50.7 Å². The second-order valence-corrected chi connectivity index (χ2v) is 7.68. The zero-order valence-electron chi connectivity index (χ0n) is 16.5. The Balaban J connectivity index is 2.02. The SMILES string of the molecule is CC(=O)Cn1c(=O)c2c(nc3n2CC(C)CN3c2cccc(C)c2)n(C)c1=O. The molecule has 1 aromatic carbocycles. The third-order valence-corrected chi connectivity index (χ3v) is 5.14. The van der Waals surface area contributed by atoms with E-state index >= 15 is 0 Å². The number of fused-ring (bicyclic) bond motifs is 3. The Hall–Kier alpha value is -3.16. The summed E-state index contributed by atoms with van der Waals surface area (Å²) in [7, 11) is 1.58. The topological polar surface area (TPSA) is 82.1 Å². The Morgan fingerprint density at radius 1 is 1.25 bits per heavy atom. The van der Waals surface area contributed by atoms with Crippen LogP contribution in [0.4, 0.5) is 11.6 Å². The molecule has 0 amide bonds. The number of rotatable bonds is 3. The van der Waals surface area contributed by atoms with Gasteiger partial charge in [0.05, 0.1) is 6.54 Å². The predicted molar refractivity (Wildman–Crippen MR) is 107 cm³/mol. The molecule has 3 aromatic rings. The summed E-state index contributed by atoms with van der Waals surface area (Å²) in [6.07, 6.45) is 0. The largest absolute Gasteiger partial charge is 0.332 e. The molecule has 0 radical (unpaired) electrons. The van der Waals surface area contributed by atoms with Crippen LogP contribution in [0.2, 0.25) is 0 Å². The van der Waals surface area contributed by atoms with Crippen LogP contribution in [0.25, 0.3) is 11.2 Å². The van der Waals surface area contributed by atoms with Gasteiger partial charge >= 0.3 is 5.69 Å². The number of Topliss-reactive ketones (excluding diaryl/α,β-unsaturated/α-hetero) is 1. The van der Waals surface area contributed by atoms with Gasteiger partial charge in [-0.2, -0.15) is 4.98 Å². The molecular formula is C20H23N5O3. The summed E-state index contributed by atoms with van der Waals surface area (Å²) in [5.41, 5.74) is 1.84.